The van der Waals surface area contributed by atoms with Gasteiger partial charge in [-0.1, -0.05) is 57.1 Å². The number of hydrogen-bond donors (Lipinski definition) is 3. The van der Waals surface area contributed by atoms with Crippen LogP contribution in [0.5, 0.6) is 0 Å². The van der Waals surface area contributed by atoms with E-state index in [2.05, 4.69) is 60.3 Å². The normalized spacial score (nSPS) is 17.6. The molecule has 1 aliphatic rings. The van der Waals surface area contributed by atoms with Gasteiger partial charge in [-0.2, -0.15) is 4.98 Å². The van der Waals surface area contributed by atoms with Crippen molar-refractivity contribution in [3.63, 3.8) is 0 Å². The second kappa shape index (κ2) is 8.47. The summed E-state index contributed by atoms with van der Waals surface area (Å²) in [5, 5.41) is 29.7. The number of pyridine rings is 1. The number of nitrogens with one attached hydrogen (secondary N) is 1. The summed E-state index contributed by atoms with van der Waals surface area (Å²) >= 11 is 0. The van der Waals surface area contributed by atoms with Crippen LogP contribution in [0.3, 0.4) is 0 Å². The fourth-order valence-electron chi connectivity index (χ4n) is 4.18. The zero-order chi connectivity index (χ0) is 23.4. The summed E-state index contributed by atoms with van der Waals surface area (Å²) in [5.74, 6) is 0.444. The molecule has 0 unspecified atom stereocenters. The monoisotopic (exact) mass is 472 g/mol. The fourth-order valence-corrected chi connectivity index (χ4v) is 4.18. The molecule has 8 heteroatoms. The highest BCUT2D eigenvalue weighted by atomic mass is 35.5. The summed E-state index contributed by atoms with van der Waals surface area (Å²) in [4.78, 5) is 8.71. The van der Waals surface area contributed by atoms with Crippen LogP contribution in [0.4, 0.5) is 0 Å². The topological polar surface area (TPSA) is 104 Å². The molecule has 3 N–H and O–H groups in total. The third kappa shape index (κ3) is 4.43. The highest BCUT2D eigenvalue weighted by Gasteiger charge is 2.53. The van der Waals surface area contributed by atoms with Crippen LogP contribution in [0.25, 0.3) is 11.4 Å². The molecule has 3 heterocycles. The van der Waals surface area contributed by atoms with Crippen molar-refractivity contribution in [2.45, 2.75) is 58.2 Å². The Hall–Kier alpha value is -2.32. The minimum atomic E-state index is -1.26. The second-order valence-electron chi connectivity index (χ2n) is 10.6. The van der Waals surface area contributed by atoms with E-state index in [0.717, 1.165) is 5.56 Å². The SMILES string of the molecule is CC(C)(C)c1ccc([C@](O)(c2cncc(-c3noc(C(C)(C)O)n3)c2)C2(C)CNC2)cc1.Cl. The van der Waals surface area contributed by atoms with Crippen LogP contribution in [-0.4, -0.2) is 38.4 Å². The minimum Gasteiger partial charge on any atom is -0.381 e. The van der Waals surface area contributed by atoms with Crippen molar-refractivity contribution in [2.24, 2.45) is 5.41 Å². The Morgan fingerprint density at radius 1 is 0.939 bits per heavy atom. The summed E-state index contributed by atoms with van der Waals surface area (Å²) in [6.45, 7) is 13.1. The highest BCUT2D eigenvalue weighted by Crippen LogP contribution is 2.48. The molecule has 0 amide bonds. The molecule has 0 aliphatic carbocycles. The van der Waals surface area contributed by atoms with Gasteiger partial charge < -0.3 is 20.1 Å². The van der Waals surface area contributed by atoms with Crippen LogP contribution in [-0.2, 0) is 16.6 Å². The number of benzene rings is 1. The first-order valence-electron chi connectivity index (χ1n) is 10.9. The van der Waals surface area contributed by atoms with Crippen LogP contribution >= 0.6 is 12.4 Å². The van der Waals surface area contributed by atoms with Gasteiger partial charge in [0.25, 0.3) is 5.89 Å². The molecule has 178 valence electrons. The van der Waals surface area contributed by atoms with Gasteiger partial charge in [0.05, 0.1) is 0 Å². The van der Waals surface area contributed by atoms with Crippen LogP contribution < -0.4 is 5.32 Å². The van der Waals surface area contributed by atoms with E-state index in [1.54, 1.807) is 26.2 Å². The number of hydrogen-bond acceptors (Lipinski definition) is 7. The molecule has 0 bridgehead atoms. The lowest BCUT2D eigenvalue weighted by Gasteiger charge is -2.52. The van der Waals surface area contributed by atoms with E-state index in [9.17, 15) is 10.2 Å². The van der Waals surface area contributed by atoms with Crippen LogP contribution in [0.1, 0.15) is 64.1 Å². The Morgan fingerprint density at radius 3 is 2.03 bits per heavy atom. The van der Waals surface area contributed by atoms with Gasteiger partial charge in [0.2, 0.25) is 5.82 Å². The Labute approximate surface area is 201 Å². The number of aliphatic hydroxyl groups is 2. The number of rotatable bonds is 5. The summed E-state index contributed by atoms with van der Waals surface area (Å²) < 4.78 is 5.23. The van der Waals surface area contributed by atoms with Crippen LogP contribution in [0.15, 0.2) is 47.2 Å². The van der Waals surface area contributed by atoms with E-state index >= 15 is 0 Å². The molecule has 0 saturated carbocycles. The van der Waals surface area contributed by atoms with Crippen LogP contribution in [0.2, 0.25) is 0 Å². The molecule has 1 aliphatic heterocycles. The van der Waals surface area contributed by atoms with Crippen molar-refractivity contribution in [3.05, 3.63) is 65.3 Å². The zero-order valence-corrected chi connectivity index (χ0v) is 20.8. The van der Waals surface area contributed by atoms with E-state index in [1.165, 1.54) is 5.56 Å². The Balaban J connectivity index is 0.00000306. The summed E-state index contributed by atoms with van der Waals surface area (Å²) in [6.07, 6.45) is 3.33. The van der Waals surface area contributed by atoms with Gasteiger partial charge in [0.15, 0.2) is 0 Å². The van der Waals surface area contributed by atoms with Gasteiger partial charge in [-0.3, -0.25) is 4.98 Å². The number of nitrogens with zero attached hydrogens (tertiary/aromatic N) is 3. The lowest BCUT2D eigenvalue weighted by Crippen LogP contribution is -2.63. The maximum Gasteiger partial charge on any atom is 0.258 e. The van der Waals surface area contributed by atoms with Gasteiger partial charge in [-0.15, -0.1) is 12.4 Å². The molecule has 3 aromatic rings. The lowest BCUT2D eigenvalue weighted by molar-refractivity contribution is -0.0769. The Kier molecular flexibility index (Phi) is 6.50. The minimum absolute atomic E-state index is 0. The molecule has 4 rings (SSSR count). The first-order valence-corrected chi connectivity index (χ1v) is 10.9. The molecular weight excluding hydrogens is 440 g/mol. The predicted octanol–water partition coefficient (Wildman–Crippen LogP) is 3.92. The first-order chi connectivity index (χ1) is 14.8. The molecule has 1 aromatic carbocycles. The van der Waals surface area contributed by atoms with Gasteiger partial charge in [-0.25, -0.2) is 0 Å². The molecule has 0 radical (unpaired) electrons. The van der Waals surface area contributed by atoms with E-state index in [-0.39, 0.29) is 23.7 Å². The Bertz CT molecular complexity index is 1110. The summed E-state index contributed by atoms with van der Waals surface area (Å²) in [7, 11) is 0. The second-order valence-corrected chi connectivity index (χ2v) is 10.6. The van der Waals surface area contributed by atoms with E-state index in [1.807, 2.05) is 18.2 Å². The van der Waals surface area contributed by atoms with Crippen molar-refractivity contribution < 1.29 is 14.7 Å². The number of aromatic nitrogens is 3. The largest absolute Gasteiger partial charge is 0.381 e. The third-order valence-corrected chi connectivity index (χ3v) is 6.44. The maximum atomic E-state index is 12.2. The van der Waals surface area contributed by atoms with Crippen LogP contribution in [0, 0.1) is 5.41 Å². The highest BCUT2D eigenvalue weighted by molar-refractivity contribution is 5.85. The average molecular weight is 473 g/mol. The van der Waals surface area contributed by atoms with Gasteiger partial charge in [0, 0.05) is 42.0 Å². The molecule has 1 atom stereocenters. The fraction of sp³-hybridized carbons (Fsp3) is 0.480. The van der Waals surface area contributed by atoms with Crippen molar-refractivity contribution in [1.29, 1.82) is 0 Å². The molecular formula is C25H33ClN4O3. The van der Waals surface area contributed by atoms with Gasteiger partial charge in [0.1, 0.15) is 11.2 Å². The standard InChI is InChI=1S/C25H32N4O3.ClH/c1-22(2,3)17-7-9-18(10-8-17)25(31,24(6)14-27-15-24)19-11-16(12-26-13-19)20-28-21(32-29-20)23(4,5)30;/h7-13,27,30-31H,14-15H2,1-6H3;1H/t25-;/m0./s1. The zero-order valence-electron chi connectivity index (χ0n) is 20.0. The summed E-state index contributed by atoms with van der Waals surface area (Å²) in [6, 6.07) is 10.0. The molecule has 33 heavy (non-hydrogen) atoms. The molecule has 1 saturated heterocycles. The number of halogens is 1. The van der Waals surface area contributed by atoms with Crippen molar-refractivity contribution in [1.82, 2.24) is 20.4 Å². The molecule has 2 aromatic heterocycles. The third-order valence-electron chi connectivity index (χ3n) is 6.44. The Morgan fingerprint density at radius 2 is 1.55 bits per heavy atom. The van der Waals surface area contributed by atoms with Crippen molar-refractivity contribution in [3.8, 4) is 11.4 Å². The van der Waals surface area contributed by atoms with E-state index < -0.39 is 16.6 Å². The maximum absolute atomic E-state index is 12.2. The molecule has 0 spiro atoms. The quantitative estimate of drug-likeness (QED) is 0.516. The van der Waals surface area contributed by atoms with E-state index in [4.69, 9.17) is 4.52 Å². The molecule has 1 fully saturated rings. The molecule has 7 nitrogen and oxygen atoms in total. The summed E-state index contributed by atoms with van der Waals surface area (Å²) in [5.41, 5.74) is 0.414. The van der Waals surface area contributed by atoms with E-state index in [0.29, 0.717) is 30.0 Å². The smallest absolute Gasteiger partial charge is 0.258 e. The van der Waals surface area contributed by atoms with Crippen molar-refractivity contribution in [2.75, 3.05) is 13.1 Å². The van der Waals surface area contributed by atoms with Gasteiger partial charge >= 0.3 is 0 Å². The van der Waals surface area contributed by atoms with Crippen molar-refractivity contribution >= 4 is 12.4 Å². The van der Waals surface area contributed by atoms with Gasteiger partial charge in [-0.05, 0) is 36.5 Å². The lowest BCUT2D eigenvalue weighted by atomic mass is 9.62. The first kappa shape index (κ1) is 25.3. The predicted molar refractivity (Wildman–Crippen MR) is 129 cm³/mol. The average Bonchev–Trinajstić information content (AvgIpc) is 3.22.